The molecule has 1 aliphatic rings. The standard InChI is InChI=1S/C17H19N7O/c1-13-19-20-21-24(13)16(10-14-6-3-2-4-7-14)17(25)22-11-15(12-22)23-9-5-8-18-23/h2-9,15-16H,10-12H2,1H3. The van der Waals surface area contributed by atoms with Gasteiger partial charge in [0.25, 0.3) is 0 Å². The van der Waals surface area contributed by atoms with Crippen LogP contribution < -0.4 is 0 Å². The van der Waals surface area contributed by atoms with E-state index in [0.717, 1.165) is 5.56 Å². The first kappa shape index (κ1) is 15.5. The van der Waals surface area contributed by atoms with Gasteiger partial charge in [-0.05, 0) is 29.0 Å². The van der Waals surface area contributed by atoms with Crippen molar-refractivity contribution in [3.05, 3.63) is 60.2 Å². The molecule has 0 saturated carbocycles. The smallest absolute Gasteiger partial charge is 0.248 e. The fraction of sp³-hybridized carbons (Fsp3) is 0.353. The predicted molar refractivity (Wildman–Crippen MR) is 89.6 cm³/mol. The number of hydrogen-bond donors (Lipinski definition) is 0. The van der Waals surface area contributed by atoms with Crippen molar-refractivity contribution in [3.63, 3.8) is 0 Å². The van der Waals surface area contributed by atoms with Crippen LogP contribution in [0.5, 0.6) is 0 Å². The Morgan fingerprint density at radius 3 is 2.68 bits per heavy atom. The summed E-state index contributed by atoms with van der Waals surface area (Å²) in [5.41, 5.74) is 1.08. The van der Waals surface area contributed by atoms with E-state index in [1.165, 1.54) is 0 Å². The van der Waals surface area contributed by atoms with Gasteiger partial charge < -0.3 is 4.90 Å². The van der Waals surface area contributed by atoms with Gasteiger partial charge in [0, 0.05) is 31.9 Å². The highest BCUT2D eigenvalue weighted by molar-refractivity contribution is 5.81. The van der Waals surface area contributed by atoms with Crippen LogP contribution in [-0.2, 0) is 11.2 Å². The van der Waals surface area contributed by atoms with Crippen LogP contribution in [0.3, 0.4) is 0 Å². The maximum absolute atomic E-state index is 13.1. The second-order valence-corrected chi connectivity index (χ2v) is 6.26. The normalized spacial score (nSPS) is 15.8. The number of amides is 1. The van der Waals surface area contributed by atoms with Gasteiger partial charge in [-0.2, -0.15) is 5.10 Å². The van der Waals surface area contributed by atoms with Crippen LogP contribution in [0.15, 0.2) is 48.8 Å². The lowest BCUT2D eigenvalue weighted by Crippen LogP contribution is -2.53. The minimum atomic E-state index is -0.434. The molecule has 0 N–H and O–H groups in total. The third kappa shape index (κ3) is 3.02. The Morgan fingerprint density at radius 2 is 2.04 bits per heavy atom. The first-order valence-corrected chi connectivity index (χ1v) is 8.28. The number of carbonyl (C=O) groups excluding carboxylic acids is 1. The SMILES string of the molecule is Cc1nnnn1C(Cc1ccccc1)C(=O)N1CC(n2cccn2)C1. The zero-order chi connectivity index (χ0) is 17.2. The summed E-state index contributed by atoms with van der Waals surface area (Å²) >= 11 is 0. The highest BCUT2D eigenvalue weighted by Crippen LogP contribution is 2.25. The van der Waals surface area contributed by atoms with Crippen LogP contribution in [0, 0.1) is 6.92 Å². The Labute approximate surface area is 145 Å². The summed E-state index contributed by atoms with van der Waals surface area (Å²) in [6.45, 7) is 3.13. The maximum atomic E-state index is 13.1. The van der Waals surface area contributed by atoms with Crippen molar-refractivity contribution in [1.82, 2.24) is 34.9 Å². The third-order valence-electron chi connectivity index (χ3n) is 4.58. The molecule has 1 saturated heterocycles. The van der Waals surface area contributed by atoms with Gasteiger partial charge in [-0.3, -0.25) is 9.48 Å². The van der Waals surface area contributed by atoms with E-state index < -0.39 is 6.04 Å². The number of aryl methyl sites for hydroxylation is 1. The molecule has 8 heteroatoms. The Bertz CT molecular complexity index is 837. The molecular formula is C17H19N7O. The van der Waals surface area contributed by atoms with Gasteiger partial charge in [-0.15, -0.1) is 5.10 Å². The van der Waals surface area contributed by atoms with E-state index in [4.69, 9.17) is 0 Å². The molecule has 0 aliphatic carbocycles. The lowest BCUT2D eigenvalue weighted by Gasteiger charge is -2.40. The topological polar surface area (TPSA) is 81.7 Å². The summed E-state index contributed by atoms with van der Waals surface area (Å²) in [6, 6.07) is 11.6. The molecule has 4 rings (SSSR count). The Balaban J connectivity index is 1.52. The number of likely N-dealkylation sites (tertiary alicyclic amines) is 1. The van der Waals surface area contributed by atoms with Crippen LogP contribution in [0.2, 0.25) is 0 Å². The number of nitrogens with zero attached hydrogens (tertiary/aromatic N) is 7. The fourth-order valence-electron chi connectivity index (χ4n) is 3.15. The van der Waals surface area contributed by atoms with Crippen molar-refractivity contribution in [2.24, 2.45) is 0 Å². The van der Waals surface area contributed by atoms with E-state index >= 15 is 0 Å². The fourth-order valence-corrected chi connectivity index (χ4v) is 3.15. The molecule has 1 unspecified atom stereocenters. The second-order valence-electron chi connectivity index (χ2n) is 6.26. The lowest BCUT2D eigenvalue weighted by atomic mass is 10.0. The Morgan fingerprint density at radius 1 is 1.24 bits per heavy atom. The van der Waals surface area contributed by atoms with Crippen molar-refractivity contribution in [2.75, 3.05) is 13.1 Å². The summed E-state index contributed by atoms with van der Waals surface area (Å²) in [5.74, 6) is 0.682. The highest BCUT2D eigenvalue weighted by atomic mass is 16.2. The lowest BCUT2D eigenvalue weighted by molar-refractivity contribution is -0.141. The van der Waals surface area contributed by atoms with Gasteiger partial charge in [-0.1, -0.05) is 30.3 Å². The van der Waals surface area contributed by atoms with Crippen molar-refractivity contribution in [3.8, 4) is 0 Å². The molecule has 128 valence electrons. The Hall–Kier alpha value is -3.03. The summed E-state index contributed by atoms with van der Waals surface area (Å²) in [4.78, 5) is 14.9. The van der Waals surface area contributed by atoms with E-state index in [1.54, 1.807) is 10.9 Å². The number of hydrogen-bond acceptors (Lipinski definition) is 5. The molecule has 1 aliphatic heterocycles. The largest absolute Gasteiger partial charge is 0.336 e. The van der Waals surface area contributed by atoms with Crippen LogP contribution >= 0.6 is 0 Å². The zero-order valence-electron chi connectivity index (χ0n) is 13.9. The van der Waals surface area contributed by atoms with Crippen LogP contribution in [0.25, 0.3) is 0 Å². The summed E-state index contributed by atoms with van der Waals surface area (Å²) in [6.07, 6.45) is 4.25. The average molecular weight is 337 g/mol. The molecule has 1 atom stereocenters. The van der Waals surface area contributed by atoms with Crippen molar-refractivity contribution in [2.45, 2.75) is 25.4 Å². The molecule has 2 aromatic heterocycles. The summed E-state index contributed by atoms with van der Waals surface area (Å²) in [5, 5.41) is 15.9. The molecule has 3 heterocycles. The highest BCUT2D eigenvalue weighted by Gasteiger charge is 2.37. The summed E-state index contributed by atoms with van der Waals surface area (Å²) in [7, 11) is 0. The van der Waals surface area contributed by atoms with Crippen molar-refractivity contribution < 1.29 is 4.79 Å². The molecule has 0 bridgehead atoms. The van der Waals surface area contributed by atoms with Crippen LogP contribution in [-0.4, -0.2) is 53.9 Å². The number of rotatable bonds is 5. The molecule has 25 heavy (non-hydrogen) atoms. The van der Waals surface area contributed by atoms with Gasteiger partial charge in [0.15, 0.2) is 0 Å². The molecule has 0 radical (unpaired) electrons. The zero-order valence-corrected chi connectivity index (χ0v) is 13.9. The molecule has 1 amide bonds. The van der Waals surface area contributed by atoms with Gasteiger partial charge in [0.1, 0.15) is 11.9 Å². The minimum Gasteiger partial charge on any atom is -0.336 e. The van der Waals surface area contributed by atoms with Crippen molar-refractivity contribution in [1.29, 1.82) is 0 Å². The number of tetrazole rings is 1. The number of aromatic nitrogens is 6. The monoisotopic (exact) mass is 337 g/mol. The molecule has 1 fully saturated rings. The average Bonchev–Trinajstić information content (AvgIpc) is 3.24. The quantitative estimate of drug-likeness (QED) is 0.695. The van der Waals surface area contributed by atoms with E-state index in [2.05, 4.69) is 20.6 Å². The Kier molecular flexibility index (Phi) is 4.01. The number of carbonyl (C=O) groups is 1. The maximum Gasteiger partial charge on any atom is 0.248 e. The first-order chi connectivity index (χ1) is 12.2. The first-order valence-electron chi connectivity index (χ1n) is 8.28. The van der Waals surface area contributed by atoms with E-state index in [1.807, 2.05) is 59.1 Å². The molecule has 1 aromatic carbocycles. The van der Waals surface area contributed by atoms with Crippen molar-refractivity contribution >= 4 is 5.91 Å². The number of benzene rings is 1. The van der Waals surface area contributed by atoms with Crippen LogP contribution in [0.4, 0.5) is 0 Å². The van der Waals surface area contributed by atoms with Gasteiger partial charge in [0.2, 0.25) is 5.91 Å². The van der Waals surface area contributed by atoms with E-state index in [0.29, 0.717) is 25.3 Å². The third-order valence-corrected chi connectivity index (χ3v) is 4.58. The summed E-state index contributed by atoms with van der Waals surface area (Å²) < 4.78 is 3.52. The second kappa shape index (κ2) is 6.46. The van der Waals surface area contributed by atoms with Gasteiger partial charge in [0.05, 0.1) is 6.04 Å². The van der Waals surface area contributed by atoms with Gasteiger partial charge in [-0.25, -0.2) is 4.68 Å². The van der Waals surface area contributed by atoms with E-state index in [-0.39, 0.29) is 11.9 Å². The molecule has 3 aromatic rings. The van der Waals surface area contributed by atoms with Gasteiger partial charge >= 0.3 is 0 Å². The van der Waals surface area contributed by atoms with E-state index in [9.17, 15) is 4.79 Å². The van der Waals surface area contributed by atoms with Crippen LogP contribution in [0.1, 0.15) is 23.5 Å². The molecular weight excluding hydrogens is 318 g/mol. The molecule has 8 nitrogen and oxygen atoms in total. The predicted octanol–water partition coefficient (Wildman–Crippen LogP) is 1.05. The minimum absolute atomic E-state index is 0.0441. The molecule has 0 spiro atoms.